The molecule has 6 nitrogen and oxygen atoms in total. The number of aromatic nitrogens is 2. The zero-order valence-corrected chi connectivity index (χ0v) is 15.9. The van der Waals surface area contributed by atoms with Crippen LogP contribution in [0.1, 0.15) is 23.9 Å². The Balaban J connectivity index is 1.51. The molecule has 1 aromatic heterocycles. The number of hydrogen-bond acceptors (Lipinski definition) is 5. The molecule has 1 atom stereocenters. The molecule has 3 rings (SSSR count). The maximum atomic E-state index is 13.0. The topological polar surface area (TPSA) is 71.3 Å². The van der Waals surface area contributed by atoms with Crippen molar-refractivity contribution in [3.8, 4) is 11.4 Å². The molecule has 1 amide bonds. The van der Waals surface area contributed by atoms with E-state index in [0.29, 0.717) is 30.2 Å². The zero-order valence-electron chi connectivity index (χ0n) is 15.9. The van der Waals surface area contributed by atoms with E-state index in [9.17, 15) is 9.18 Å². The van der Waals surface area contributed by atoms with Gasteiger partial charge in [-0.3, -0.25) is 4.79 Å². The molecule has 0 aliphatic rings. The van der Waals surface area contributed by atoms with E-state index in [1.165, 1.54) is 12.1 Å². The number of benzene rings is 2. The molecule has 0 aliphatic heterocycles. The Kier molecular flexibility index (Phi) is 6.49. The highest BCUT2D eigenvalue weighted by atomic mass is 19.1. The first-order chi connectivity index (χ1) is 13.5. The van der Waals surface area contributed by atoms with E-state index in [1.54, 1.807) is 12.1 Å². The van der Waals surface area contributed by atoms with Gasteiger partial charge < -0.3 is 14.7 Å². The van der Waals surface area contributed by atoms with Crippen molar-refractivity contribution in [2.24, 2.45) is 0 Å². The van der Waals surface area contributed by atoms with Crippen LogP contribution in [0, 0.1) is 5.82 Å². The monoisotopic (exact) mass is 382 g/mol. The lowest BCUT2D eigenvalue weighted by molar-refractivity contribution is -0.121. The average Bonchev–Trinajstić information content (AvgIpc) is 3.17. The van der Waals surface area contributed by atoms with E-state index in [-0.39, 0.29) is 24.2 Å². The highest BCUT2D eigenvalue weighted by Gasteiger charge is 2.16. The van der Waals surface area contributed by atoms with Crippen molar-refractivity contribution in [2.75, 3.05) is 20.6 Å². The summed E-state index contributed by atoms with van der Waals surface area (Å²) in [6.07, 6.45) is 0.595. The van der Waals surface area contributed by atoms with Crippen molar-refractivity contribution < 1.29 is 13.7 Å². The van der Waals surface area contributed by atoms with E-state index >= 15 is 0 Å². The molecule has 0 fully saturated rings. The van der Waals surface area contributed by atoms with Gasteiger partial charge in [0, 0.05) is 24.9 Å². The van der Waals surface area contributed by atoms with Gasteiger partial charge in [-0.25, -0.2) is 4.39 Å². The molecule has 1 N–H and O–H groups in total. The minimum absolute atomic E-state index is 0.0793. The summed E-state index contributed by atoms with van der Waals surface area (Å²) < 4.78 is 18.2. The Morgan fingerprint density at radius 2 is 1.86 bits per heavy atom. The van der Waals surface area contributed by atoms with Gasteiger partial charge in [-0.2, -0.15) is 4.98 Å². The fraction of sp³-hybridized carbons (Fsp3) is 0.286. The predicted octanol–water partition coefficient (Wildman–Crippen LogP) is 3.23. The maximum Gasteiger partial charge on any atom is 0.227 e. The van der Waals surface area contributed by atoms with E-state index in [1.807, 2.05) is 44.4 Å². The van der Waals surface area contributed by atoms with Crippen molar-refractivity contribution in [1.29, 1.82) is 0 Å². The molecular formula is C21H23FN4O2. The fourth-order valence-corrected chi connectivity index (χ4v) is 2.87. The lowest BCUT2D eigenvalue weighted by Crippen LogP contribution is -2.34. The minimum Gasteiger partial charge on any atom is -0.354 e. The van der Waals surface area contributed by atoms with Crippen LogP contribution in [-0.4, -0.2) is 41.6 Å². The molecule has 7 heteroatoms. The van der Waals surface area contributed by atoms with Crippen LogP contribution in [0.3, 0.4) is 0 Å². The summed E-state index contributed by atoms with van der Waals surface area (Å²) >= 11 is 0. The van der Waals surface area contributed by atoms with Crippen LogP contribution in [0.4, 0.5) is 4.39 Å². The Hall–Kier alpha value is -3.06. The number of nitrogens with zero attached hydrogens (tertiary/aromatic N) is 3. The highest BCUT2D eigenvalue weighted by Crippen LogP contribution is 2.18. The van der Waals surface area contributed by atoms with Crippen molar-refractivity contribution in [1.82, 2.24) is 20.4 Å². The summed E-state index contributed by atoms with van der Waals surface area (Å²) in [6.45, 7) is 0.514. The first kappa shape index (κ1) is 19.7. The maximum absolute atomic E-state index is 13.0. The number of hydrogen-bond donors (Lipinski definition) is 1. The summed E-state index contributed by atoms with van der Waals surface area (Å²) in [7, 11) is 3.97. The Labute approximate surface area is 163 Å². The van der Waals surface area contributed by atoms with Gasteiger partial charge in [-0.05, 0) is 43.9 Å². The van der Waals surface area contributed by atoms with Gasteiger partial charge in [-0.15, -0.1) is 0 Å². The number of nitrogens with one attached hydrogen (secondary N) is 1. The molecule has 28 heavy (non-hydrogen) atoms. The molecule has 146 valence electrons. The Bertz CT molecular complexity index is 894. The van der Waals surface area contributed by atoms with Crippen LogP contribution in [0.5, 0.6) is 0 Å². The second-order valence-corrected chi connectivity index (χ2v) is 6.71. The van der Waals surface area contributed by atoms with Gasteiger partial charge in [-0.1, -0.05) is 35.5 Å². The van der Waals surface area contributed by atoms with Gasteiger partial charge >= 0.3 is 0 Å². The second kappa shape index (κ2) is 9.23. The molecule has 1 heterocycles. The van der Waals surface area contributed by atoms with Gasteiger partial charge in [0.1, 0.15) is 5.82 Å². The molecule has 0 aliphatic carbocycles. The predicted molar refractivity (Wildman–Crippen MR) is 104 cm³/mol. The van der Waals surface area contributed by atoms with Crippen LogP contribution in [-0.2, 0) is 11.2 Å². The third-order valence-corrected chi connectivity index (χ3v) is 4.44. The van der Waals surface area contributed by atoms with Crippen LogP contribution >= 0.6 is 0 Å². The van der Waals surface area contributed by atoms with Gasteiger partial charge in [0.15, 0.2) is 0 Å². The number of carbonyl (C=O) groups is 1. The molecule has 0 unspecified atom stereocenters. The first-order valence-electron chi connectivity index (χ1n) is 9.09. The number of aryl methyl sites for hydroxylation is 1. The van der Waals surface area contributed by atoms with Crippen LogP contribution in [0.25, 0.3) is 11.4 Å². The number of rotatable bonds is 8. The van der Waals surface area contributed by atoms with Crippen molar-refractivity contribution in [3.63, 3.8) is 0 Å². The van der Waals surface area contributed by atoms with Gasteiger partial charge in [0.25, 0.3) is 0 Å². The number of carbonyl (C=O) groups excluding carboxylic acids is 1. The quantitative estimate of drug-likeness (QED) is 0.648. The summed E-state index contributed by atoms with van der Waals surface area (Å²) in [6, 6.07) is 16.0. The van der Waals surface area contributed by atoms with Crippen LogP contribution in [0.2, 0.25) is 0 Å². The summed E-state index contributed by atoms with van der Waals surface area (Å²) in [5.74, 6) is 0.355. The van der Waals surface area contributed by atoms with Crippen molar-refractivity contribution >= 4 is 5.91 Å². The lowest BCUT2D eigenvalue weighted by atomic mass is 10.1. The molecule has 0 saturated carbocycles. The third kappa shape index (κ3) is 5.23. The largest absolute Gasteiger partial charge is 0.354 e. The van der Waals surface area contributed by atoms with Gasteiger partial charge in [0.05, 0.1) is 6.04 Å². The van der Waals surface area contributed by atoms with Gasteiger partial charge in [0.2, 0.25) is 17.6 Å². The van der Waals surface area contributed by atoms with Crippen molar-refractivity contribution in [2.45, 2.75) is 18.9 Å². The highest BCUT2D eigenvalue weighted by molar-refractivity contribution is 5.76. The molecule has 3 aromatic rings. The standard InChI is InChI=1S/C21H23FN4O2/c1-26(2)18(15-6-4-3-5-7-15)14-23-19(27)12-13-20-24-21(25-28-20)16-8-10-17(22)11-9-16/h3-11,18H,12-14H2,1-2H3,(H,23,27)/t18-/m1/s1. The number of amides is 1. The molecule has 0 saturated heterocycles. The van der Waals surface area contributed by atoms with Crippen LogP contribution < -0.4 is 5.32 Å². The zero-order chi connectivity index (χ0) is 19.9. The first-order valence-corrected chi connectivity index (χ1v) is 9.09. The molecule has 0 spiro atoms. The Morgan fingerprint density at radius 1 is 1.14 bits per heavy atom. The number of likely N-dealkylation sites (N-methyl/N-ethyl adjacent to an activating group) is 1. The molecule has 0 bridgehead atoms. The summed E-state index contributed by atoms with van der Waals surface area (Å²) in [5, 5.41) is 6.85. The Morgan fingerprint density at radius 3 is 2.54 bits per heavy atom. The molecule has 2 aromatic carbocycles. The van der Waals surface area contributed by atoms with E-state index in [4.69, 9.17) is 4.52 Å². The summed E-state index contributed by atoms with van der Waals surface area (Å²) in [4.78, 5) is 18.6. The van der Waals surface area contributed by atoms with Crippen LogP contribution in [0.15, 0.2) is 59.1 Å². The molecular weight excluding hydrogens is 359 g/mol. The smallest absolute Gasteiger partial charge is 0.227 e. The van der Waals surface area contributed by atoms with E-state index < -0.39 is 0 Å². The fourth-order valence-electron chi connectivity index (χ4n) is 2.87. The van der Waals surface area contributed by atoms with Crippen molar-refractivity contribution in [3.05, 3.63) is 71.9 Å². The third-order valence-electron chi connectivity index (χ3n) is 4.44. The lowest BCUT2D eigenvalue weighted by Gasteiger charge is -2.25. The normalized spacial score (nSPS) is 12.1. The number of halogens is 1. The molecule has 0 radical (unpaired) electrons. The van der Waals surface area contributed by atoms with E-state index in [0.717, 1.165) is 5.56 Å². The van der Waals surface area contributed by atoms with E-state index in [2.05, 4.69) is 20.4 Å². The second-order valence-electron chi connectivity index (χ2n) is 6.71. The summed E-state index contributed by atoms with van der Waals surface area (Å²) in [5.41, 5.74) is 1.81. The SMILES string of the molecule is CN(C)[C@H](CNC(=O)CCc1nc(-c2ccc(F)cc2)no1)c1ccccc1. The average molecular weight is 382 g/mol. The minimum atomic E-state index is -0.323.